The van der Waals surface area contributed by atoms with E-state index in [0.717, 1.165) is 16.9 Å². The number of fused-ring (bicyclic) bond motifs is 2. The molecule has 0 radical (unpaired) electrons. The fourth-order valence-corrected chi connectivity index (χ4v) is 3.33. The fraction of sp³-hybridized carbons (Fsp3) is 0.278. The molecule has 2 heteroatoms. The zero-order valence-corrected chi connectivity index (χ0v) is 12.0. The molecule has 0 unspecified atom stereocenters. The van der Waals surface area contributed by atoms with Crippen LogP contribution in [0.1, 0.15) is 28.7 Å². The van der Waals surface area contributed by atoms with Crippen molar-refractivity contribution in [1.82, 2.24) is 9.97 Å². The molecule has 0 saturated heterocycles. The first kappa shape index (κ1) is 11.7. The molecule has 1 aliphatic rings. The highest BCUT2D eigenvalue weighted by molar-refractivity contribution is 5.83. The third kappa shape index (κ3) is 1.75. The summed E-state index contributed by atoms with van der Waals surface area (Å²) in [6.07, 6.45) is 3.73. The van der Waals surface area contributed by atoms with Crippen molar-refractivity contribution in [2.45, 2.75) is 33.1 Å². The smallest absolute Gasteiger partial charge is 0.138 e. The van der Waals surface area contributed by atoms with Crippen molar-refractivity contribution < 1.29 is 0 Å². The summed E-state index contributed by atoms with van der Waals surface area (Å²) in [6, 6.07) is 11.1. The number of hydrogen-bond donors (Lipinski definition) is 1. The van der Waals surface area contributed by atoms with E-state index in [4.69, 9.17) is 4.98 Å². The first-order valence-corrected chi connectivity index (χ1v) is 7.30. The molecule has 0 aliphatic heterocycles. The summed E-state index contributed by atoms with van der Waals surface area (Å²) in [5, 5.41) is 0. The number of imidazole rings is 1. The molecule has 0 fully saturated rings. The van der Waals surface area contributed by atoms with Gasteiger partial charge < -0.3 is 4.98 Å². The van der Waals surface area contributed by atoms with Crippen molar-refractivity contribution in [2.24, 2.45) is 0 Å². The Morgan fingerprint density at radius 2 is 1.85 bits per heavy atom. The van der Waals surface area contributed by atoms with Crippen LogP contribution >= 0.6 is 0 Å². The summed E-state index contributed by atoms with van der Waals surface area (Å²) >= 11 is 0. The van der Waals surface area contributed by atoms with Crippen LogP contribution in [0.3, 0.4) is 0 Å². The van der Waals surface area contributed by atoms with E-state index in [2.05, 4.69) is 49.2 Å². The van der Waals surface area contributed by atoms with Gasteiger partial charge in [0.25, 0.3) is 0 Å². The first-order valence-electron chi connectivity index (χ1n) is 7.30. The van der Waals surface area contributed by atoms with Gasteiger partial charge in [0.05, 0.1) is 11.0 Å². The molecule has 1 N–H and O–H groups in total. The predicted octanol–water partition coefficient (Wildman–Crippen LogP) is 4.34. The van der Waals surface area contributed by atoms with Crippen molar-refractivity contribution in [3.05, 3.63) is 52.6 Å². The minimum atomic E-state index is 0.989. The molecule has 0 saturated carbocycles. The van der Waals surface area contributed by atoms with E-state index in [0.29, 0.717) is 0 Å². The lowest BCUT2D eigenvalue weighted by molar-refractivity contribution is 0.912. The molecular weight excluding hydrogens is 244 g/mol. The standard InChI is InChI=1S/C18H18N2/c1-11-8-12(2)17-16(9-11)19-18(20-17)15-7-6-13-4-3-5-14(13)10-15/h6-10H,3-5H2,1-2H3,(H,19,20). The number of aromatic amines is 1. The summed E-state index contributed by atoms with van der Waals surface area (Å²) in [5.74, 6) is 0.989. The average Bonchev–Trinajstić information content (AvgIpc) is 3.03. The summed E-state index contributed by atoms with van der Waals surface area (Å²) in [4.78, 5) is 8.27. The lowest BCUT2D eigenvalue weighted by atomic mass is 10.1. The van der Waals surface area contributed by atoms with E-state index >= 15 is 0 Å². The van der Waals surface area contributed by atoms with Crippen LogP contribution in [-0.4, -0.2) is 9.97 Å². The Balaban J connectivity index is 1.88. The molecule has 4 rings (SSSR count). The zero-order chi connectivity index (χ0) is 13.7. The highest BCUT2D eigenvalue weighted by Crippen LogP contribution is 2.28. The second-order valence-electron chi connectivity index (χ2n) is 5.90. The number of H-pyrrole nitrogens is 1. The van der Waals surface area contributed by atoms with Gasteiger partial charge >= 0.3 is 0 Å². The number of nitrogens with one attached hydrogen (secondary N) is 1. The van der Waals surface area contributed by atoms with Crippen LogP contribution in [-0.2, 0) is 12.8 Å². The van der Waals surface area contributed by atoms with Gasteiger partial charge in [-0.25, -0.2) is 4.98 Å². The maximum absolute atomic E-state index is 4.79. The van der Waals surface area contributed by atoms with Gasteiger partial charge in [0.1, 0.15) is 5.82 Å². The molecule has 1 aromatic heterocycles. The molecule has 1 aliphatic carbocycles. The second-order valence-corrected chi connectivity index (χ2v) is 5.90. The van der Waals surface area contributed by atoms with Gasteiger partial charge in [-0.05, 0) is 67.5 Å². The van der Waals surface area contributed by atoms with Crippen molar-refractivity contribution in [1.29, 1.82) is 0 Å². The number of hydrogen-bond acceptors (Lipinski definition) is 1. The van der Waals surface area contributed by atoms with Crippen LogP contribution in [0.5, 0.6) is 0 Å². The summed E-state index contributed by atoms with van der Waals surface area (Å²) in [5.41, 5.74) is 8.96. The van der Waals surface area contributed by atoms with Gasteiger partial charge in [-0.3, -0.25) is 0 Å². The number of aryl methyl sites for hydroxylation is 4. The Bertz CT molecular complexity index is 812. The van der Waals surface area contributed by atoms with Crippen LogP contribution in [0.25, 0.3) is 22.4 Å². The zero-order valence-electron chi connectivity index (χ0n) is 12.0. The van der Waals surface area contributed by atoms with Crippen LogP contribution < -0.4 is 0 Å². The van der Waals surface area contributed by atoms with Crippen molar-refractivity contribution in [3.8, 4) is 11.4 Å². The third-order valence-electron chi connectivity index (χ3n) is 4.29. The Kier molecular flexibility index (Phi) is 2.46. The lowest BCUT2D eigenvalue weighted by Gasteiger charge is -2.01. The van der Waals surface area contributed by atoms with Gasteiger partial charge in [0.2, 0.25) is 0 Å². The third-order valence-corrected chi connectivity index (χ3v) is 4.29. The Hall–Kier alpha value is -2.09. The van der Waals surface area contributed by atoms with Gasteiger partial charge in [-0.1, -0.05) is 18.2 Å². The topological polar surface area (TPSA) is 28.7 Å². The van der Waals surface area contributed by atoms with Gasteiger partial charge in [-0.2, -0.15) is 0 Å². The predicted molar refractivity (Wildman–Crippen MR) is 83.0 cm³/mol. The molecule has 3 aromatic rings. The van der Waals surface area contributed by atoms with E-state index in [-0.39, 0.29) is 0 Å². The van der Waals surface area contributed by atoms with E-state index in [1.807, 2.05) is 0 Å². The maximum Gasteiger partial charge on any atom is 0.138 e. The number of benzene rings is 2. The fourth-order valence-electron chi connectivity index (χ4n) is 3.33. The number of aromatic nitrogens is 2. The van der Waals surface area contributed by atoms with Gasteiger partial charge in [0.15, 0.2) is 0 Å². The van der Waals surface area contributed by atoms with Crippen LogP contribution in [0.4, 0.5) is 0 Å². The molecule has 20 heavy (non-hydrogen) atoms. The van der Waals surface area contributed by atoms with Crippen molar-refractivity contribution in [2.75, 3.05) is 0 Å². The molecular formula is C18H18N2. The number of nitrogens with zero attached hydrogens (tertiary/aromatic N) is 1. The van der Waals surface area contributed by atoms with Gasteiger partial charge in [0, 0.05) is 5.56 Å². The Labute approximate surface area is 118 Å². The van der Waals surface area contributed by atoms with Crippen molar-refractivity contribution in [3.63, 3.8) is 0 Å². The summed E-state index contributed by atoms with van der Waals surface area (Å²) < 4.78 is 0. The minimum absolute atomic E-state index is 0.989. The molecule has 2 aromatic carbocycles. The highest BCUT2D eigenvalue weighted by Gasteiger charge is 2.13. The monoisotopic (exact) mass is 262 g/mol. The highest BCUT2D eigenvalue weighted by atomic mass is 14.9. The second kappa shape index (κ2) is 4.20. The van der Waals surface area contributed by atoms with E-state index in [1.165, 1.54) is 47.1 Å². The first-order chi connectivity index (χ1) is 9.70. The maximum atomic E-state index is 4.79. The summed E-state index contributed by atoms with van der Waals surface area (Å²) in [7, 11) is 0. The molecule has 0 atom stereocenters. The minimum Gasteiger partial charge on any atom is -0.338 e. The van der Waals surface area contributed by atoms with E-state index in [1.54, 1.807) is 0 Å². The molecule has 0 spiro atoms. The van der Waals surface area contributed by atoms with Crippen LogP contribution in [0, 0.1) is 13.8 Å². The largest absolute Gasteiger partial charge is 0.338 e. The Morgan fingerprint density at radius 1 is 1.00 bits per heavy atom. The Morgan fingerprint density at radius 3 is 2.75 bits per heavy atom. The molecule has 1 heterocycles. The van der Waals surface area contributed by atoms with E-state index in [9.17, 15) is 0 Å². The SMILES string of the molecule is Cc1cc(C)c2nc(-c3ccc4c(c3)CCC4)[nH]c2c1. The lowest BCUT2D eigenvalue weighted by Crippen LogP contribution is -1.86. The van der Waals surface area contributed by atoms with Crippen LogP contribution in [0.15, 0.2) is 30.3 Å². The molecule has 0 bridgehead atoms. The molecule has 0 amide bonds. The molecule has 2 nitrogen and oxygen atoms in total. The average molecular weight is 262 g/mol. The van der Waals surface area contributed by atoms with Crippen LogP contribution in [0.2, 0.25) is 0 Å². The number of rotatable bonds is 1. The summed E-state index contributed by atoms with van der Waals surface area (Å²) in [6.45, 7) is 4.25. The quantitative estimate of drug-likeness (QED) is 0.694. The van der Waals surface area contributed by atoms with Crippen molar-refractivity contribution >= 4 is 11.0 Å². The van der Waals surface area contributed by atoms with Gasteiger partial charge in [-0.15, -0.1) is 0 Å². The molecule has 100 valence electrons. The normalized spacial score (nSPS) is 13.9. The van der Waals surface area contributed by atoms with E-state index < -0.39 is 0 Å².